The maximum absolute atomic E-state index is 8.97. The smallest absolute Gasteiger partial charge is 0.145 e. The highest BCUT2D eigenvalue weighted by atomic mass is 35.5. The van der Waals surface area contributed by atoms with Crippen LogP contribution in [0.15, 0.2) is 48.5 Å². The van der Waals surface area contributed by atoms with E-state index in [0.717, 1.165) is 12.3 Å². The van der Waals surface area contributed by atoms with Gasteiger partial charge in [-0.05, 0) is 36.9 Å². The van der Waals surface area contributed by atoms with E-state index in [4.69, 9.17) is 10.00 Å². The van der Waals surface area contributed by atoms with Crippen LogP contribution >= 0.6 is 12.4 Å². The van der Waals surface area contributed by atoms with E-state index in [2.05, 4.69) is 11.4 Å². The third-order valence-corrected chi connectivity index (χ3v) is 2.54. The SMILES string of the molecule is CNCc1ccc(Oc2ccccc2C#N)cc1.Cl. The first-order valence-electron chi connectivity index (χ1n) is 5.74. The van der Waals surface area contributed by atoms with Crippen molar-refractivity contribution >= 4 is 12.4 Å². The molecule has 2 aromatic rings. The number of benzene rings is 2. The Kier molecular flexibility index (Phi) is 5.87. The van der Waals surface area contributed by atoms with E-state index in [1.165, 1.54) is 5.56 Å². The van der Waals surface area contributed by atoms with Crippen LogP contribution in [0.2, 0.25) is 0 Å². The van der Waals surface area contributed by atoms with Gasteiger partial charge in [-0.15, -0.1) is 12.4 Å². The second kappa shape index (κ2) is 7.42. The first kappa shape index (κ1) is 15.0. The standard InChI is InChI=1S/C15H14N2O.ClH/c1-17-11-12-6-8-14(9-7-12)18-15-5-3-2-4-13(15)10-16;/h2-9,17H,11H2,1H3;1H. The molecule has 0 unspecified atom stereocenters. The van der Waals surface area contributed by atoms with Gasteiger partial charge < -0.3 is 10.1 Å². The van der Waals surface area contributed by atoms with Crippen molar-refractivity contribution in [1.29, 1.82) is 5.26 Å². The van der Waals surface area contributed by atoms with Crippen LogP contribution in [0.1, 0.15) is 11.1 Å². The van der Waals surface area contributed by atoms with Crippen molar-refractivity contribution in [3.8, 4) is 17.6 Å². The molecule has 19 heavy (non-hydrogen) atoms. The molecule has 0 radical (unpaired) electrons. The molecule has 4 heteroatoms. The molecule has 1 N–H and O–H groups in total. The van der Waals surface area contributed by atoms with Gasteiger partial charge in [0.15, 0.2) is 0 Å². The Morgan fingerprint density at radius 2 is 1.79 bits per heavy atom. The summed E-state index contributed by atoms with van der Waals surface area (Å²) in [5, 5.41) is 12.1. The Morgan fingerprint density at radius 1 is 1.11 bits per heavy atom. The predicted molar refractivity (Wildman–Crippen MR) is 77.7 cm³/mol. The number of rotatable bonds is 4. The summed E-state index contributed by atoms with van der Waals surface area (Å²) < 4.78 is 5.69. The highest BCUT2D eigenvalue weighted by Gasteiger charge is 2.03. The predicted octanol–water partition coefficient (Wildman–Crippen LogP) is 3.49. The van der Waals surface area contributed by atoms with Crippen LogP contribution in [0.5, 0.6) is 11.5 Å². The topological polar surface area (TPSA) is 45.0 Å². The fraction of sp³-hybridized carbons (Fsp3) is 0.133. The molecule has 2 aromatic carbocycles. The average Bonchev–Trinajstić information content (AvgIpc) is 2.42. The zero-order valence-corrected chi connectivity index (χ0v) is 11.4. The molecule has 2 rings (SSSR count). The van der Waals surface area contributed by atoms with Gasteiger partial charge in [-0.3, -0.25) is 0 Å². The van der Waals surface area contributed by atoms with Gasteiger partial charge in [0, 0.05) is 6.54 Å². The highest BCUT2D eigenvalue weighted by Crippen LogP contribution is 2.24. The lowest BCUT2D eigenvalue weighted by molar-refractivity contribution is 0.481. The number of hydrogen-bond acceptors (Lipinski definition) is 3. The Hall–Kier alpha value is -2.02. The van der Waals surface area contributed by atoms with E-state index in [9.17, 15) is 0 Å². The summed E-state index contributed by atoms with van der Waals surface area (Å²) in [5.41, 5.74) is 1.73. The van der Waals surface area contributed by atoms with Crippen LogP contribution in [-0.4, -0.2) is 7.05 Å². The molecule has 0 fully saturated rings. The molecule has 0 saturated heterocycles. The Morgan fingerprint density at radius 3 is 2.42 bits per heavy atom. The molecule has 0 aliphatic heterocycles. The van der Waals surface area contributed by atoms with Crippen LogP contribution in [0, 0.1) is 11.3 Å². The van der Waals surface area contributed by atoms with Gasteiger partial charge in [0.1, 0.15) is 17.6 Å². The molecule has 0 aliphatic carbocycles. The zero-order chi connectivity index (χ0) is 12.8. The highest BCUT2D eigenvalue weighted by molar-refractivity contribution is 5.85. The normalized spacial score (nSPS) is 9.26. The first-order valence-corrected chi connectivity index (χ1v) is 5.74. The van der Waals surface area contributed by atoms with Crippen LogP contribution in [0.25, 0.3) is 0 Å². The summed E-state index contributed by atoms with van der Waals surface area (Å²) in [5.74, 6) is 1.32. The van der Waals surface area contributed by atoms with E-state index in [-0.39, 0.29) is 12.4 Å². The third kappa shape index (κ3) is 3.99. The summed E-state index contributed by atoms with van der Waals surface area (Å²) in [4.78, 5) is 0. The van der Waals surface area contributed by atoms with Gasteiger partial charge in [-0.25, -0.2) is 0 Å². The van der Waals surface area contributed by atoms with E-state index in [1.807, 2.05) is 43.4 Å². The lowest BCUT2D eigenvalue weighted by Gasteiger charge is -2.07. The van der Waals surface area contributed by atoms with Gasteiger partial charge in [0.25, 0.3) is 0 Å². The van der Waals surface area contributed by atoms with E-state index < -0.39 is 0 Å². The minimum absolute atomic E-state index is 0. The number of halogens is 1. The Labute approximate surface area is 119 Å². The quantitative estimate of drug-likeness (QED) is 0.928. The summed E-state index contributed by atoms with van der Waals surface area (Å²) in [6.45, 7) is 0.828. The van der Waals surface area contributed by atoms with Crippen LogP contribution in [-0.2, 0) is 6.54 Å². The minimum atomic E-state index is 0. The van der Waals surface area contributed by atoms with Gasteiger partial charge in [-0.1, -0.05) is 24.3 Å². The molecule has 0 aromatic heterocycles. The molecular formula is C15H15ClN2O. The lowest BCUT2D eigenvalue weighted by atomic mass is 10.2. The lowest BCUT2D eigenvalue weighted by Crippen LogP contribution is -2.04. The first-order chi connectivity index (χ1) is 8.83. The summed E-state index contributed by atoms with van der Waals surface area (Å²) in [6.07, 6.45) is 0. The van der Waals surface area contributed by atoms with Crippen LogP contribution in [0.3, 0.4) is 0 Å². The molecule has 3 nitrogen and oxygen atoms in total. The van der Waals surface area contributed by atoms with Crippen molar-refractivity contribution in [3.05, 3.63) is 59.7 Å². The summed E-state index contributed by atoms with van der Waals surface area (Å²) >= 11 is 0. The second-order valence-electron chi connectivity index (χ2n) is 3.88. The Balaban J connectivity index is 0.00000180. The van der Waals surface area contributed by atoms with Crippen molar-refractivity contribution in [2.24, 2.45) is 0 Å². The molecule has 98 valence electrons. The summed E-state index contributed by atoms with van der Waals surface area (Å²) in [6, 6.07) is 17.1. The second-order valence-corrected chi connectivity index (χ2v) is 3.88. The van der Waals surface area contributed by atoms with E-state index in [0.29, 0.717) is 11.3 Å². The van der Waals surface area contributed by atoms with Crippen molar-refractivity contribution in [3.63, 3.8) is 0 Å². The van der Waals surface area contributed by atoms with E-state index >= 15 is 0 Å². The van der Waals surface area contributed by atoms with Gasteiger partial charge in [0.2, 0.25) is 0 Å². The van der Waals surface area contributed by atoms with E-state index in [1.54, 1.807) is 12.1 Å². The van der Waals surface area contributed by atoms with Gasteiger partial charge in [-0.2, -0.15) is 5.26 Å². The van der Waals surface area contributed by atoms with Crippen molar-refractivity contribution < 1.29 is 4.74 Å². The molecular weight excluding hydrogens is 260 g/mol. The number of nitrogens with one attached hydrogen (secondary N) is 1. The monoisotopic (exact) mass is 274 g/mol. The molecule has 0 amide bonds. The third-order valence-electron chi connectivity index (χ3n) is 2.54. The maximum atomic E-state index is 8.97. The molecule has 0 bridgehead atoms. The molecule has 0 heterocycles. The molecule has 0 spiro atoms. The maximum Gasteiger partial charge on any atom is 0.145 e. The van der Waals surface area contributed by atoms with Gasteiger partial charge >= 0.3 is 0 Å². The number of para-hydroxylation sites is 1. The van der Waals surface area contributed by atoms with Crippen molar-refractivity contribution in [2.45, 2.75) is 6.54 Å². The zero-order valence-electron chi connectivity index (χ0n) is 10.6. The minimum Gasteiger partial charge on any atom is -0.456 e. The fourth-order valence-corrected chi connectivity index (χ4v) is 1.65. The Bertz CT molecular complexity index is 561. The number of hydrogen-bond donors (Lipinski definition) is 1. The average molecular weight is 275 g/mol. The number of ether oxygens (including phenoxy) is 1. The number of nitriles is 1. The van der Waals surface area contributed by atoms with Crippen molar-refractivity contribution in [1.82, 2.24) is 5.32 Å². The van der Waals surface area contributed by atoms with Crippen LogP contribution < -0.4 is 10.1 Å². The largest absolute Gasteiger partial charge is 0.456 e. The van der Waals surface area contributed by atoms with Crippen LogP contribution in [0.4, 0.5) is 0 Å². The van der Waals surface area contributed by atoms with Crippen molar-refractivity contribution in [2.75, 3.05) is 7.05 Å². The molecule has 0 atom stereocenters. The fourth-order valence-electron chi connectivity index (χ4n) is 1.65. The molecule has 0 saturated carbocycles. The summed E-state index contributed by atoms with van der Waals surface area (Å²) in [7, 11) is 1.91. The van der Waals surface area contributed by atoms with Gasteiger partial charge in [0.05, 0.1) is 5.56 Å². The number of nitrogens with zero attached hydrogens (tertiary/aromatic N) is 1. The molecule has 0 aliphatic rings.